The molecule has 0 bridgehead atoms. The molecule has 0 atom stereocenters. The molecule has 1 fully saturated rings. The fraction of sp³-hybridized carbons (Fsp3) is 0.375. The Hall–Kier alpha value is -1.93. The first-order valence-corrected chi connectivity index (χ1v) is 9.82. The van der Waals surface area contributed by atoms with Crippen molar-refractivity contribution in [3.8, 4) is 0 Å². The molecule has 1 N–H and O–H groups in total. The van der Waals surface area contributed by atoms with Gasteiger partial charge >= 0.3 is 0 Å². The number of hydrogen-bond acceptors (Lipinski definition) is 4. The summed E-state index contributed by atoms with van der Waals surface area (Å²) >= 11 is 5.35. The molecule has 24 heavy (non-hydrogen) atoms. The molecule has 0 spiro atoms. The monoisotopic (exact) mass is 367 g/mol. The number of carbonyl (C=O) groups excluding carboxylic acids is 1. The summed E-state index contributed by atoms with van der Waals surface area (Å²) in [5, 5.41) is 6.66. The van der Waals surface area contributed by atoms with Gasteiger partial charge in [-0.25, -0.2) is 13.4 Å². The number of thiocarbonyl (C=S) groups is 1. The third kappa shape index (κ3) is 4.12. The van der Waals surface area contributed by atoms with Crippen LogP contribution < -0.4 is 5.32 Å². The van der Waals surface area contributed by atoms with Crippen molar-refractivity contribution in [1.29, 1.82) is 0 Å². The lowest BCUT2D eigenvalue weighted by atomic mass is 10.2. The standard InChI is InChI=1S/C16H21N3O3S2/c1-12(2)11-17-16(23)19-10-6-9-18(19)15(20)13-7-4-5-8-14(13)24(3,21)22/h4-5,7-8H,1,6,9-11H2,2-3H3,(H,17,23). The van der Waals surface area contributed by atoms with Gasteiger partial charge in [0.05, 0.1) is 10.5 Å². The highest BCUT2D eigenvalue weighted by molar-refractivity contribution is 7.90. The highest BCUT2D eigenvalue weighted by Gasteiger charge is 2.31. The van der Waals surface area contributed by atoms with E-state index in [1.165, 1.54) is 17.1 Å². The summed E-state index contributed by atoms with van der Waals surface area (Å²) in [5.41, 5.74) is 1.09. The molecule has 0 saturated carbocycles. The molecule has 0 unspecified atom stereocenters. The first-order chi connectivity index (χ1) is 11.2. The predicted molar refractivity (Wildman–Crippen MR) is 97.3 cm³/mol. The Kier molecular flexibility index (Phi) is 5.61. The van der Waals surface area contributed by atoms with Gasteiger partial charge < -0.3 is 5.32 Å². The van der Waals surface area contributed by atoms with Gasteiger partial charge in [-0.05, 0) is 37.7 Å². The Bertz CT molecular complexity index is 775. The Balaban J connectivity index is 2.26. The average Bonchev–Trinajstić information content (AvgIpc) is 3.00. The second-order valence-electron chi connectivity index (χ2n) is 5.79. The minimum atomic E-state index is -3.49. The van der Waals surface area contributed by atoms with Gasteiger partial charge in [0.25, 0.3) is 5.91 Å². The first-order valence-electron chi connectivity index (χ1n) is 7.52. The van der Waals surface area contributed by atoms with Crippen molar-refractivity contribution < 1.29 is 13.2 Å². The summed E-state index contributed by atoms with van der Waals surface area (Å²) in [6, 6.07) is 6.23. The third-order valence-electron chi connectivity index (χ3n) is 3.56. The molecular formula is C16H21N3O3S2. The molecule has 1 amide bonds. The lowest BCUT2D eigenvalue weighted by Gasteiger charge is -2.30. The van der Waals surface area contributed by atoms with E-state index in [1.807, 2.05) is 6.92 Å². The molecule has 0 aromatic heterocycles. The van der Waals surface area contributed by atoms with Crippen LogP contribution in [0.15, 0.2) is 41.3 Å². The predicted octanol–water partition coefficient (Wildman–Crippen LogP) is 1.60. The summed E-state index contributed by atoms with van der Waals surface area (Å²) < 4.78 is 23.9. The quantitative estimate of drug-likeness (QED) is 0.644. The number of carbonyl (C=O) groups is 1. The smallest absolute Gasteiger partial charge is 0.273 e. The van der Waals surface area contributed by atoms with E-state index in [2.05, 4.69) is 11.9 Å². The SMILES string of the molecule is C=C(C)CNC(=S)N1CCCN1C(=O)c1ccccc1S(C)(=O)=O. The van der Waals surface area contributed by atoms with E-state index in [0.717, 1.165) is 18.2 Å². The number of benzene rings is 1. The van der Waals surface area contributed by atoms with Gasteiger partial charge in [0, 0.05) is 25.9 Å². The maximum absolute atomic E-state index is 12.9. The van der Waals surface area contributed by atoms with Crippen LogP contribution in [-0.2, 0) is 9.84 Å². The van der Waals surface area contributed by atoms with E-state index in [-0.39, 0.29) is 16.4 Å². The van der Waals surface area contributed by atoms with Crippen molar-refractivity contribution in [2.24, 2.45) is 0 Å². The van der Waals surface area contributed by atoms with Gasteiger partial charge in [-0.2, -0.15) is 0 Å². The van der Waals surface area contributed by atoms with Crippen LogP contribution in [0.25, 0.3) is 0 Å². The van der Waals surface area contributed by atoms with Gasteiger partial charge in [0.15, 0.2) is 14.9 Å². The van der Waals surface area contributed by atoms with Crippen LogP contribution in [0.2, 0.25) is 0 Å². The molecule has 1 heterocycles. The second kappa shape index (κ2) is 7.31. The maximum Gasteiger partial charge on any atom is 0.273 e. The lowest BCUT2D eigenvalue weighted by Crippen LogP contribution is -2.49. The van der Waals surface area contributed by atoms with Crippen LogP contribution in [-0.4, -0.2) is 55.3 Å². The summed E-state index contributed by atoms with van der Waals surface area (Å²) in [6.45, 7) is 7.31. The Labute approximate surface area is 148 Å². The molecule has 1 aromatic carbocycles. The highest BCUT2D eigenvalue weighted by atomic mass is 32.2. The van der Waals surface area contributed by atoms with E-state index in [4.69, 9.17) is 12.2 Å². The molecule has 1 aliphatic heterocycles. The molecule has 0 aliphatic carbocycles. The Morgan fingerprint density at radius 2 is 1.92 bits per heavy atom. The summed E-state index contributed by atoms with van der Waals surface area (Å²) in [5.74, 6) is -0.368. The van der Waals surface area contributed by atoms with E-state index < -0.39 is 9.84 Å². The molecule has 2 rings (SSSR count). The molecule has 1 saturated heterocycles. The van der Waals surface area contributed by atoms with Gasteiger partial charge in [-0.15, -0.1) is 0 Å². The zero-order valence-electron chi connectivity index (χ0n) is 13.8. The van der Waals surface area contributed by atoms with Gasteiger partial charge in [0.2, 0.25) is 0 Å². The van der Waals surface area contributed by atoms with Crippen LogP contribution in [0.1, 0.15) is 23.7 Å². The molecule has 1 aliphatic rings. The van der Waals surface area contributed by atoms with Gasteiger partial charge in [0.1, 0.15) is 0 Å². The number of nitrogens with one attached hydrogen (secondary N) is 1. The van der Waals surface area contributed by atoms with E-state index in [0.29, 0.717) is 24.7 Å². The number of amides is 1. The van der Waals surface area contributed by atoms with Crippen LogP contribution in [0.3, 0.4) is 0 Å². The first kappa shape index (κ1) is 18.4. The average molecular weight is 367 g/mol. The van der Waals surface area contributed by atoms with Crippen LogP contribution in [0, 0.1) is 0 Å². The number of sulfone groups is 1. The van der Waals surface area contributed by atoms with Crippen LogP contribution >= 0.6 is 12.2 Å². The minimum absolute atomic E-state index is 0.0302. The topological polar surface area (TPSA) is 69.7 Å². The van der Waals surface area contributed by atoms with Crippen molar-refractivity contribution in [2.75, 3.05) is 25.9 Å². The fourth-order valence-electron chi connectivity index (χ4n) is 2.46. The van der Waals surface area contributed by atoms with Crippen LogP contribution in [0.4, 0.5) is 0 Å². The minimum Gasteiger partial charge on any atom is -0.357 e. The number of nitrogens with zero attached hydrogens (tertiary/aromatic N) is 2. The summed E-state index contributed by atoms with van der Waals surface area (Å²) in [6.07, 6.45) is 1.86. The summed E-state index contributed by atoms with van der Waals surface area (Å²) in [7, 11) is -3.49. The number of rotatable bonds is 4. The van der Waals surface area contributed by atoms with Crippen molar-refractivity contribution >= 4 is 33.1 Å². The molecule has 130 valence electrons. The summed E-state index contributed by atoms with van der Waals surface area (Å²) in [4.78, 5) is 12.9. The number of hydrazine groups is 1. The lowest BCUT2D eigenvalue weighted by molar-refractivity contribution is 0.0488. The fourth-order valence-corrected chi connectivity index (χ4v) is 3.60. The van der Waals surface area contributed by atoms with E-state index >= 15 is 0 Å². The van der Waals surface area contributed by atoms with Crippen molar-refractivity contribution in [2.45, 2.75) is 18.2 Å². The van der Waals surface area contributed by atoms with Crippen molar-refractivity contribution in [3.05, 3.63) is 42.0 Å². The van der Waals surface area contributed by atoms with Gasteiger partial charge in [-0.3, -0.25) is 9.80 Å². The zero-order chi connectivity index (χ0) is 17.9. The zero-order valence-corrected chi connectivity index (χ0v) is 15.4. The van der Waals surface area contributed by atoms with Gasteiger partial charge in [-0.1, -0.05) is 24.3 Å². The molecule has 1 aromatic rings. The molecule has 8 heteroatoms. The Morgan fingerprint density at radius 1 is 1.29 bits per heavy atom. The maximum atomic E-state index is 12.9. The molecule has 6 nitrogen and oxygen atoms in total. The van der Waals surface area contributed by atoms with Crippen molar-refractivity contribution in [1.82, 2.24) is 15.3 Å². The molecule has 0 radical (unpaired) electrons. The third-order valence-corrected chi connectivity index (χ3v) is 5.07. The Morgan fingerprint density at radius 3 is 2.54 bits per heavy atom. The molecular weight excluding hydrogens is 346 g/mol. The highest BCUT2D eigenvalue weighted by Crippen LogP contribution is 2.21. The number of hydrogen-bond donors (Lipinski definition) is 1. The van der Waals surface area contributed by atoms with Crippen molar-refractivity contribution in [3.63, 3.8) is 0 Å². The normalized spacial score (nSPS) is 14.6. The van der Waals surface area contributed by atoms with Crippen LogP contribution in [0.5, 0.6) is 0 Å². The van der Waals surface area contributed by atoms with E-state index in [1.54, 1.807) is 17.1 Å². The second-order valence-corrected chi connectivity index (χ2v) is 8.16. The largest absolute Gasteiger partial charge is 0.357 e. The van der Waals surface area contributed by atoms with E-state index in [9.17, 15) is 13.2 Å².